The summed E-state index contributed by atoms with van der Waals surface area (Å²) in [5.74, 6) is -0.775. The highest BCUT2D eigenvalue weighted by atomic mass is 35.5. The van der Waals surface area contributed by atoms with Gasteiger partial charge in [0.2, 0.25) is 11.8 Å². The Balaban J connectivity index is 0.716. The number of nitriles is 1. The molecule has 1 spiro atoms. The zero-order valence-corrected chi connectivity index (χ0v) is 31.8. The molecule has 5 fully saturated rings. The number of anilines is 1. The van der Waals surface area contributed by atoms with Gasteiger partial charge in [0.05, 0.1) is 21.7 Å². The lowest BCUT2D eigenvalue weighted by Gasteiger charge is -2.58. The second-order valence-electron chi connectivity index (χ2n) is 16.4. The monoisotopic (exact) mass is 774 g/mol. The van der Waals surface area contributed by atoms with E-state index in [1.54, 1.807) is 30.3 Å². The molecule has 1 saturated carbocycles. The lowest BCUT2D eigenvalue weighted by atomic mass is 9.59. The van der Waals surface area contributed by atoms with Gasteiger partial charge in [-0.05, 0) is 85.5 Å². The van der Waals surface area contributed by atoms with Crippen molar-refractivity contribution in [3.63, 3.8) is 0 Å². The van der Waals surface area contributed by atoms with Gasteiger partial charge in [-0.2, -0.15) is 5.26 Å². The van der Waals surface area contributed by atoms with E-state index in [9.17, 15) is 24.0 Å². The van der Waals surface area contributed by atoms with Gasteiger partial charge in [0, 0.05) is 87.8 Å². The molecule has 56 heavy (non-hydrogen) atoms. The third-order valence-electron chi connectivity index (χ3n) is 13.1. The van der Waals surface area contributed by atoms with Crippen molar-refractivity contribution in [1.29, 1.82) is 5.26 Å². The Bertz CT molecular complexity index is 2160. The number of nitrogens with zero attached hydrogens (tertiary/aromatic N) is 5. The number of carbonyl (C=O) groups excluding carboxylic acids is 5. The molecule has 0 bridgehead atoms. The van der Waals surface area contributed by atoms with Crippen LogP contribution in [0.15, 0.2) is 60.7 Å². The Hall–Kier alpha value is -5.25. The summed E-state index contributed by atoms with van der Waals surface area (Å²) in [6.07, 6.45) is 6.25. The summed E-state index contributed by atoms with van der Waals surface area (Å²) in [5.41, 5.74) is 4.31. The van der Waals surface area contributed by atoms with Crippen molar-refractivity contribution < 1.29 is 28.7 Å². The van der Waals surface area contributed by atoms with Gasteiger partial charge in [-0.1, -0.05) is 23.7 Å². The van der Waals surface area contributed by atoms with Crippen LogP contribution in [-0.2, 0) is 9.59 Å². The van der Waals surface area contributed by atoms with Crippen LogP contribution in [0.5, 0.6) is 5.75 Å². The highest BCUT2D eigenvalue weighted by molar-refractivity contribution is 6.31. The maximum absolute atomic E-state index is 13.3. The summed E-state index contributed by atoms with van der Waals surface area (Å²) in [5, 5.41) is 11.7. The molecular weight excluding hydrogens is 732 g/mol. The Labute approximate surface area is 330 Å². The van der Waals surface area contributed by atoms with Crippen molar-refractivity contribution in [2.45, 2.75) is 75.5 Å². The SMILES string of the molecule is N#Cc1ccc(OC2CCN(C(=O)c3ccc(C4CN(C5CC6(CCN(c7ccc8c(c7)C(=O)N(C7CCC(=O)NC7=O)C8=O)CC6)C5)C4)cc3)CC2)cc1Cl. The largest absolute Gasteiger partial charge is 0.490 e. The first-order valence-electron chi connectivity index (χ1n) is 19.7. The fourth-order valence-electron chi connectivity index (χ4n) is 9.63. The molecular formula is C43H43ClN6O6. The van der Waals surface area contributed by atoms with E-state index >= 15 is 0 Å². The predicted molar refractivity (Wildman–Crippen MR) is 206 cm³/mol. The number of piperidine rings is 3. The summed E-state index contributed by atoms with van der Waals surface area (Å²) in [4.78, 5) is 71.7. The number of nitrogens with one attached hydrogen (secondary N) is 1. The van der Waals surface area contributed by atoms with Crippen molar-refractivity contribution in [3.05, 3.63) is 93.5 Å². The first kappa shape index (κ1) is 36.4. The Morgan fingerprint density at radius 2 is 1.57 bits per heavy atom. The number of imide groups is 2. The van der Waals surface area contributed by atoms with Crippen LogP contribution >= 0.6 is 11.6 Å². The third kappa shape index (κ3) is 6.60. The van der Waals surface area contributed by atoms with Crippen molar-refractivity contribution in [2.75, 3.05) is 44.2 Å². The molecule has 5 amide bonds. The molecule has 12 nitrogen and oxygen atoms in total. The molecule has 1 aliphatic carbocycles. The van der Waals surface area contributed by atoms with E-state index in [-0.39, 0.29) is 30.8 Å². The van der Waals surface area contributed by atoms with Gasteiger partial charge in [-0.25, -0.2) is 0 Å². The van der Waals surface area contributed by atoms with E-state index in [0.29, 0.717) is 63.5 Å². The summed E-state index contributed by atoms with van der Waals surface area (Å²) in [6, 6.07) is 20.4. The van der Waals surface area contributed by atoms with Crippen molar-refractivity contribution >= 4 is 46.8 Å². The number of carbonyl (C=O) groups is 5. The van der Waals surface area contributed by atoms with Crippen molar-refractivity contribution in [3.8, 4) is 11.8 Å². The molecule has 13 heteroatoms. The van der Waals surface area contributed by atoms with Crippen LogP contribution in [0, 0.1) is 16.7 Å². The second-order valence-corrected chi connectivity index (χ2v) is 16.8. The minimum Gasteiger partial charge on any atom is -0.490 e. The van der Waals surface area contributed by atoms with Gasteiger partial charge in [0.1, 0.15) is 24.0 Å². The van der Waals surface area contributed by atoms with Crippen molar-refractivity contribution in [2.24, 2.45) is 5.41 Å². The van der Waals surface area contributed by atoms with Crippen LogP contribution in [0.2, 0.25) is 5.02 Å². The fraction of sp³-hybridized carbons (Fsp3) is 0.442. The number of amides is 5. The van der Waals surface area contributed by atoms with Crippen LogP contribution in [0.4, 0.5) is 5.69 Å². The minimum absolute atomic E-state index is 0.00846. The molecule has 9 rings (SSSR count). The molecule has 288 valence electrons. The molecule has 3 aromatic rings. The predicted octanol–water partition coefficient (Wildman–Crippen LogP) is 5.14. The molecule has 1 atom stereocenters. The zero-order valence-electron chi connectivity index (χ0n) is 31.0. The average molecular weight is 775 g/mol. The maximum atomic E-state index is 13.3. The van der Waals surface area contributed by atoms with Crippen LogP contribution in [0.1, 0.15) is 99.5 Å². The van der Waals surface area contributed by atoms with Gasteiger partial charge < -0.3 is 14.5 Å². The topological polar surface area (TPSA) is 143 Å². The summed E-state index contributed by atoms with van der Waals surface area (Å²) in [6.45, 7) is 5.09. The third-order valence-corrected chi connectivity index (χ3v) is 13.4. The molecule has 4 saturated heterocycles. The van der Waals surface area contributed by atoms with E-state index in [4.69, 9.17) is 21.6 Å². The summed E-state index contributed by atoms with van der Waals surface area (Å²) >= 11 is 6.16. The molecule has 1 N–H and O–H groups in total. The van der Waals surface area contributed by atoms with Crippen LogP contribution in [0.25, 0.3) is 0 Å². The number of hydrogen-bond acceptors (Lipinski definition) is 9. The van der Waals surface area contributed by atoms with E-state index in [2.05, 4.69) is 33.3 Å². The highest BCUT2D eigenvalue weighted by Crippen LogP contribution is 2.53. The number of rotatable bonds is 7. The second kappa shape index (κ2) is 14.4. The number of benzene rings is 3. The van der Waals surface area contributed by atoms with E-state index in [0.717, 1.165) is 62.4 Å². The lowest BCUT2D eigenvalue weighted by Crippen LogP contribution is -2.60. The first-order chi connectivity index (χ1) is 27.1. The van der Waals surface area contributed by atoms with Gasteiger partial charge in [0.15, 0.2) is 0 Å². The molecule has 5 aliphatic heterocycles. The molecule has 0 radical (unpaired) electrons. The maximum Gasteiger partial charge on any atom is 0.262 e. The number of ether oxygens (including phenoxy) is 1. The minimum atomic E-state index is -0.964. The number of hydrogen-bond donors (Lipinski definition) is 1. The summed E-state index contributed by atoms with van der Waals surface area (Å²) in [7, 11) is 0. The van der Waals surface area contributed by atoms with Gasteiger partial charge in [-0.15, -0.1) is 0 Å². The van der Waals surface area contributed by atoms with E-state index in [1.807, 2.05) is 23.1 Å². The zero-order chi connectivity index (χ0) is 38.7. The van der Waals surface area contributed by atoms with Crippen molar-refractivity contribution in [1.82, 2.24) is 20.0 Å². The Kier molecular flexibility index (Phi) is 9.33. The van der Waals surface area contributed by atoms with E-state index in [1.165, 1.54) is 18.4 Å². The summed E-state index contributed by atoms with van der Waals surface area (Å²) < 4.78 is 6.09. The molecule has 3 aromatic carbocycles. The normalized spacial score (nSPS) is 23.1. The average Bonchev–Trinajstić information content (AvgIpc) is 3.42. The fourth-order valence-corrected chi connectivity index (χ4v) is 9.85. The Morgan fingerprint density at radius 3 is 2.25 bits per heavy atom. The molecule has 6 aliphatic rings. The number of halogens is 1. The molecule has 1 unspecified atom stereocenters. The molecule has 5 heterocycles. The Morgan fingerprint density at radius 1 is 0.857 bits per heavy atom. The standard InChI is InChI=1S/C43H43ClN6O6/c44-36-20-33(7-5-28(36)23-45)56-32-11-15-48(16-12-32)40(53)27-3-1-26(2-4-27)29-24-49(25-29)31-21-43(22-31)13-17-47(18-14-43)30-6-8-34-35(19-30)42(55)50(41(34)54)37-9-10-38(51)46-39(37)52/h1-8,19-20,29,31-32,37H,9-18,21-22,24-25H2,(H,46,51,52). The first-order valence-corrected chi connectivity index (χ1v) is 20.1. The van der Waals surface area contributed by atoms with E-state index < -0.39 is 23.8 Å². The highest BCUT2D eigenvalue weighted by Gasteiger charge is 2.50. The molecule has 0 aromatic heterocycles. The number of fused-ring (bicyclic) bond motifs is 1. The van der Waals surface area contributed by atoms with Crippen LogP contribution in [-0.4, -0.2) is 102 Å². The lowest BCUT2D eigenvalue weighted by molar-refractivity contribution is -0.136. The van der Waals surface area contributed by atoms with Gasteiger partial charge in [0.25, 0.3) is 17.7 Å². The van der Waals surface area contributed by atoms with Gasteiger partial charge in [-0.3, -0.25) is 39.1 Å². The van der Waals surface area contributed by atoms with Crippen LogP contribution < -0.4 is 15.0 Å². The van der Waals surface area contributed by atoms with Crippen LogP contribution in [0.3, 0.4) is 0 Å². The quantitative estimate of drug-likeness (QED) is 0.323. The smallest absolute Gasteiger partial charge is 0.262 e. The van der Waals surface area contributed by atoms with Gasteiger partial charge >= 0.3 is 0 Å². The number of likely N-dealkylation sites (tertiary alicyclic amines) is 2.